The van der Waals surface area contributed by atoms with E-state index in [0.29, 0.717) is 22.4 Å². The van der Waals surface area contributed by atoms with E-state index in [2.05, 4.69) is 32.8 Å². The fraction of sp³-hybridized carbons (Fsp3) is 0.143. The number of anilines is 1. The van der Waals surface area contributed by atoms with Crippen LogP contribution in [0.2, 0.25) is 0 Å². The predicted octanol–water partition coefficient (Wildman–Crippen LogP) is 3.44. The van der Waals surface area contributed by atoms with Crippen molar-refractivity contribution < 1.29 is 4.79 Å². The maximum atomic E-state index is 12.4. The molecule has 0 aliphatic heterocycles. The Bertz CT molecular complexity index is 1130. The summed E-state index contributed by atoms with van der Waals surface area (Å²) >= 11 is 0. The summed E-state index contributed by atoms with van der Waals surface area (Å²) in [5, 5.41) is 5.15. The van der Waals surface area contributed by atoms with E-state index in [1.165, 1.54) is 11.9 Å². The Hall–Kier alpha value is -3.74. The van der Waals surface area contributed by atoms with Gasteiger partial charge in [0.15, 0.2) is 11.5 Å². The normalized spacial score (nSPS) is 10.8. The van der Waals surface area contributed by atoms with E-state index in [9.17, 15) is 4.79 Å². The Morgan fingerprint density at radius 1 is 1.11 bits per heavy atom. The molecule has 2 aromatic heterocycles. The predicted molar refractivity (Wildman–Crippen MR) is 108 cm³/mol. The third-order valence-corrected chi connectivity index (χ3v) is 4.53. The van der Waals surface area contributed by atoms with Crippen LogP contribution in [0.3, 0.4) is 0 Å². The number of aromatic nitrogens is 4. The summed E-state index contributed by atoms with van der Waals surface area (Å²) in [5.41, 5.74) is 10.0. The number of hydrogen-bond donors (Lipinski definition) is 2. The van der Waals surface area contributed by atoms with Crippen molar-refractivity contribution in [2.75, 3.05) is 5.43 Å². The molecule has 0 aliphatic carbocycles. The van der Waals surface area contributed by atoms with Gasteiger partial charge in [0.1, 0.15) is 6.33 Å². The van der Waals surface area contributed by atoms with Gasteiger partial charge in [0.25, 0.3) is 5.91 Å². The van der Waals surface area contributed by atoms with Crippen LogP contribution in [0.1, 0.15) is 28.4 Å². The van der Waals surface area contributed by atoms with E-state index in [1.54, 1.807) is 23.0 Å². The highest BCUT2D eigenvalue weighted by Crippen LogP contribution is 2.21. The molecular weight excluding hydrogens is 352 g/mol. The molecule has 2 heterocycles. The number of aryl methyl sites for hydroxylation is 2. The lowest BCUT2D eigenvalue weighted by Crippen LogP contribution is -2.29. The molecular formula is C21H20N6O. The molecule has 2 aromatic carbocycles. The number of nitrogens with one attached hydrogen (secondary N) is 2. The number of hydrazine groups is 1. The smallest absolute Gasteiger partial charge is 0.269 e. The minimum absolute atomic E-state index is 0.236. The zero-order chi connectivity index (χ0) is 19.5. The standard InChI is InChI=1S/C21H20N6O/c1-3-15-7-9-16(10-8-15)21(28)26-25-19-18-12-24-27(20(18)23-13-22-19)17-6-4-5-14(2)11-17/h4-13H,3H2,1-2H3,(H,26,28)(H,22,23,25). The highest BCUT2D eigenvalue weighted by atomic mass is 16.2. The second kappa shape index (κ2) is 7.48. The van der Waals surface area contributed by atoms with Gasteiger partial charge in [0.05, 0.1) is 17.3 Å². The first kappa shape index (κ1) is 17.7. The Labute approximate surface area is 162 Å². The molecule has 0 saturated carbocycles. The van der Waals surface area contributed by atoms with Gasteiger partial charge in [-0.2, -0.15) is 5.10 Å². The molecule has 7 nitrogen and oxygen atoms in total. The van der Waals surface area contributed by atoms with Gasteiger partial charge in [-0.25, -0.2) is 14.6 Å². The molecule has 4 rings (SSSR count). The van der Waals surface area contributed by atoms with Crippen LogP contribution in [0.4, 0.5) is 5.82 Å². The van der Waals surface area contributed by atoms with Crippen LogP contribution in [0.5, 0.6) is 0 Å². The summed E-state index contributed by atoms with van der Waals surface area (Å²) < 4.78 is 1.75. The minimum Gasteiger partial charge on any atom is -0.281 e. The number of fused-ring (bicyclic) bond motifs is 1. The number of carbonyl (C=O) groups is 1. The van der Waals surface area contributed by atoms with Gasteiger partial charge >= 0.3 is 0 Å². The maximum Gasteiger partial charge on any atom is 0.269 e. The van der Waals surface area contributed by atoms with E-state index in [4.69, 9.17) is 0 Å². The molecule has 0 fully saturated rings. The molecule has 28 heavy (non-hydrogen) atoms. The number of rotatable bonds is 5. The van der Waals surface area contributed by atoms with Crippen LogP contribution >= 0.6 is 0 Å². The van der Waals surface area contributed by atoms with Crippen molar-refractivity contribution >= 4 is 22.8 Å². The Morgan fingerprint density at radius 3 is 2.68 bits per heavy atom. The molecule has 0 unspecified atom stereocenters. The quantitative estimate of drug-likeness (QED) is 0.524. The molecule has 0 saturated heterocycles. The fourth-order valence-corrected chi connectivity index (χ4v) is 2.97. The van der Waals surface area contributed by atoms with E-state index < -0.39 is 0 Å². The van der Waals surface area contributed by atoms with Gasteiger partial charge in [-0.05, 0) is 48.7 Å². The average Bonchev–Trinajstić information content (AvgIpc) is 3.17. The highest BCUT2D eigenvalue weighted by molar-refractivity contribution is 5.96. The number of carbonyl (C=O) groups excluding carboxylic acids is 1. The molecule has 7 heteroatoms. The number of benzene rings is 2. The molecule has 0 atom stereocenters. The van der Waals surface area contributed by atoms with Crippen molar-refractivity contribution in [3.63, 3.8) is 0 Å². The van der Waals surface area contributed by atoms with Crippen molar-refractivity contribution in [3.8, 4) is 5.69 Å². The summed E-state index contributed by atoms with van der Waals surface area (Å²) in [6.07, 6.45) is 4.06. The van der Waals surface area contributed by atoms with Gasteiger partial charge in [0.2, 0.25) is 0 Å². The number of hydrogen-bond acceptors (Lipinski definition) is 5. The Morgan fingerprint density at radius 2 is 1.93 bits per heavy atom. The number of amides is 1. The van der Waals surface area contributed by atoms with Crippen LogP contribution in [0.15, 0.2) is 61.1 Å². The Balaban J connectivity index is 1.57. The van der Waals surface area contributed by atoms with E-state index in [-0.39, 0.29) is 5.91 Å². The van der Waals surface area contributed by atoms with Crippen LogP contribution in [0, 0.1) is 6.92 Å². The SMILES string of the molecule is CCc1ccc(C(=O)NNc2ncnc3c2cnn3-c2cccc(C)c2)cc1. The maximum absolute atomic E-state index is 12.4. The fourth-order valence-electron chi connectivity index (χ4n) is 2.97. The van der Waals surface area contributed by atoms with Crippen molar-refractivity contribution in [2.45, 2.75) is 20.3 Å². The first-order valence-electron chi connectivity index (χ1n) is 9.07. The van der Waals surface area contributed by atoms with Crippen LogP contribution in [-0.4, -0.2) is 25.7 Å². The molecule has 0 spiro atoms. The first-order valence-corrected chi connectivity index (χ1v) is 9.07. The van der Waals surface area contributed by atoms with E-state index in [1.807, 2.05) is 43.3 Å². The first-order chi connectivity index (χ1) is 13.7. The molecule has 0 aliphatic rings. The lowest BCUT2D eigenvalue weighted by atomic mass is 10.1. The summed E-state index contributed by atoms with van der Waals surface area (Å²) in [7, 11) is 0. The largest absolute Gasteiger partial charge is 0.281 e. The van der Waals surface area contributed by atoms with Crippen LogP contribution < -0.4 is 10.9 Å². The summed E-state index contributed by atoms with van der Waals surface area (Å²) in [6, 6.07) is 15.5. The zero-order valence-electron chi connectivity index (χ0n) is 15.7. The lowest BCUT2D eigenvalue weighted by Gasteiger charge is -2.09. The van der Waals surface area contributed by atoms with E-state index >= 15 is 0 Å². The van der Waals surface area contributed by atoms with Crippen molar-refractivity contribution in [1.29, 1.82) is 0 Å². The topological polar surface area (TPSA) is 84.7 Å². The van der Waals surface area contributed by atoms with Gasteiger partial charge in [-0.15, -0.1) is 0 Å². The minimum atomic E-state index is -0.236. The molecule has 4 aromatic rings. The third-order valence-electron chi connectivity index (χ3n) is 4.53. The molecule has 2 N–H and O–H groups in total. The van der Waals surface area contributed by atoms with Crippen LogP contribution in [-0.2, 0) is 6.42 Å². The second-order valence-corrected chi connectivity index (χ2v) is 6.48. The van der Waals surface area contributed by atoms with Crippen molar-refractivity contribution in [2.24, 2.45) is 0 Å². The molecule has 0 radical (unpaired) electrons. The van der Waals surface area contributed by atoms with Crippen molar-refractivity contribution in [3.05, 3.63) is 77.7 Å². The average molecular weight is 372 g/mol. The lowest BCUT2D eigenvalue weighted by molar-refractivity contribution is 0.0962. The molecule has 140 valence electrons. The van der Waals surface area contributed by atoms with E-state index in [0.717, 1.165) is 17.7 Å². The third kappa shape index (κ3) is 3.42. The number of nitrogens with zero attached hydrogens (tertiary/aromatic N) is 4. The highest BCUT2D eigenvalue weighted by Gasteiger charge is 2.12. The molecule has 1 amide bonds. The van der Waals surface area contributed by atoms with Crippen molar-refractivity contribution in [1.82, 2.24) is 25.2 Å². The van der Waals surface area contributed by atoms with Gasteiger partial charge < -0.3 is 0 Å². The van der Waals surface area contributed by atoms with Crippen LogP contribution in [0.25, 0.3) is 16.7 Å². The van der Waals surface area contributed by atoms with Gasteiger partial charge in [0, 0.05) is 5.56 Å². The summed E-state index contributed by atoms with van der Waals surface area (Å²) in [4.78, 5) is 21.0. The van der Waals surface area contributed by atoms with Gasteiger partial charge in [-0.1, -0.05) is 31.2 Å². The van der Waals surface area contributed by atoms with Gasteiger partial charge in [-0.3, -0.25) is 15.6 Å². The monoisotopic (exact) mass is 372 g/mol. The summed E-state index contributed by atoms with van der Waals surface area (Å²) in [5.74, 6) is 0.253. The Kier molecular flexibility index (Phi) is 4.72. The summed E-state index contributed by atoms with van der Waals surface area (Å²) in [6.45, 7) is 4.10. The second-order valence-electron chi connectivity index (χ2n) is 6.48. The molecule has 0 bridgehead atoms. The zero-order valence-corrected chi connectivity index (χ0v) is 15.7.